The van der Waals surface area contributed by atoms with E-state index in [9.17, 15) is 14.4 Å². The first-order valence-electron chi connectivity index (χ1n) is 10.4. The quantitative estimate of drug-likeness (QED) is 0.357. The van der Waals surface area contributed by atoms with Gasteiger partial charge >= 0.3 is 5.97 Å². The Bertz CT molecular complexity index is 1390. The summed E-state index contributed by atoms with van der Waals surface area (Å²) < 4.78 is 7.14. The normalized spacial score (nSPS) is 11.8. The molecule has 1 atom stereocenters. The van der Waals surface area contributed by atoms with Gasteiger partial charge in [-0.1, -0.05) is 17.7 Å². The van der Waals surface area contributed by atoms with Gasteiger partial charge in [0.1, 0.15) is 9.71 Å². The fourth-order valence-corrected chi connectivity index (χ4v) is 4.54. The maximum absolute atomic E-state index is 12.8. The first kappa shape index (κ1) is 23.5. The number of thiophene rings is 1. The number of carbonyl (C=O) groups excluding carboxylic acids is 3. The van der Waals surface area contributed by atoms with Crippen molar-refractivity contribution >= 4 is 62.3 Å². The third-order valence-electron chi connectivity index (χ3n) is 4.92. The van der Waals surface area contributed by atoms with Crippen molar-refractivity contribution in [3.63, 3.8) is 0 Å². The van der Waals surface area contributed by atoms with Crippen molar-refractivity contribution in [2.24, 2.45) is 0 Å². The van der Waals surface area contributed by atoms with E-state index in [1.165, 1.54) is 25.2 Å². The zero-order chi connectivity index (χ0) is 24.4. The van der Waals surface area contributed by atoms with E-state index in [0.29, 0.717) is 21.3 Å². The summed E-state index contributed by atoms with van der Waals surface area (Å²) >= 11 is 7.35. The average Bonchev–Trinajstić information content (AvgIpc) is 3.35. The first-order valence-corrected chi connectivity index (χ1v) is 11.6. The second-order valence-corrected chi connectivity index (χ2v) is 9.07. The van der Waals surface area contributed by atoms with Crippen LogP contribution < -0.4 is 10.6 Å². The summed E-state index contributed by atoms with van der Waals surface area (Å²) in [7, 11) is 0. The van der Waals surface area contributed by atoms with Crippen LogP contribution in [0.3, 0.4) is 0 Å². The molecule has 8 nitrogen and oxygen atoms in total. The molecule has 0 saturated heterocycles. The van der Waals surface area contributed by atoms with Crippen LogP contribution in [-0.4, -0.2) is 33.7 Å². The van der Waals surface area contributed by atoms with Crippen LogP contribution in [0.1, 0.15) is 29.2 Å². The largest absolute Gasteiger partial charge is 0.448 e. The van der Waals surface area contributed by atoms with Crippen LogP contribution >= 0.6 is 22.9 Å². The van der Waals surface area contributed by atoms with Gasteiger partial charge < -0.3 is 15.4 Å². The number of anilines is 2. The zero-order valence-corrected chi connectivity index (χ0v) is 20.2. The summed E-state index contributed by atoms with van der Waals surface area (Å²) in [5.74, 6) is -1.25. The smallest absolute Gasteiger partial charge is 0.349 e. The van der Waals surface area contributed by atoms with Gasteiger partial charge in [0, 0.05) is 28.7 Å². The van der Waals surface area contributed by atoms with Crippen LogP contribution in [-0.2, 0) is 14.3 Å². The van der Waals surface area contributed by atoms with E-state index in [1.54, 1.807) is 47.1 Å². The summed E-state index contributed by atoms with van der Waals surface area (Å²) in [5, 5.41) is 11.3. The van der Waals surface area contributed by atoms with E-state index in [2.05, 4.69) is 15.7 Å². The van der Waals surface area contributed by atoms with Crippen LogP contribution in [0.4, 0.5) is 11.4 Å². The number of nitrogens with zero attached hydrogens (tertiary/aromatic N) is 2. The topological polar surface area (TPSA) is 102 Å². The number of amides is 2. The number of ether oxygens (including phenoxy) is 1. The van der Waals surface area contributed by atoms with Crippen molar-refractivity contribution in [1.29, 1.82) is 0 Å². The highest BCUT2D eigenvalue weighted by molar-refractivity contribution is 7.20. The molecule has 0 radical (unpaired) electrons. The van der Waals surface area contributed by atoms with E-state index in [-0.39, 0.29) is 5.91 Å². The third-order valence-corrected chi connectivity index (χ3v) is 6.25. The van der Waals surface area contributed by atoms with Crippen molar-refractivity contribution in [1.82, 2.24) is 9.78 Å². The molecule has 2 aromatic heterocycles. The van der Waals surface area contributed by atoms with Gasteiger partial charge in [0.05, 0.1) is 11.4 Å². The van der Waals surface area contributed by atoms with Crippen molar-refractivity contribution in [2.75, 3.05) is 10.6 Å². The number of carbonyl (C=O) groups is 3. The van der Waals surface area contributed by atoms with E-state index in [4.69, 9.17) is 16.3 Å². The van der Waals surface area contributed by atoms with Gasteiger partial charge in [-0.05, 0) is 62.4 Å². The number of halogens is 1. The SMILES string of the molecule is CC(=O)Nc1ccc(NC(=O)C(C)OC(=O)c2cc3c(C)nn(-c4cccc(Cl)c4)c3s2)cc1. The summed E-state index contributed by atoms with van der Waals surface area (Å²) in [6, 6.07) is 15.6. The lowest BCUT2D eigenvalue weighted by Gasteiger charge is -2.13. The number of esters is 1. The molecule has 10 heteroatoms. The molecule has 2 amide bonds. The molecular weight excluding hydrogens is 476 g/mol. The minimum absolute atomic E-state index is 0.186. The Morgan fingerprint density at radius 2 is 1.74 bits per heavy atom. The molecule has 34 heavy (non-hydrogen) atoms. The van der Waals surface area contributed by atoms with Crippen LogP contribution in [0, 0.1) is 6.92 Å². The summed E-state index contributed by atoms with van der Waals surface area (Å²) in [6.07, 6.45) is -1.02. The van der Waals surface area contributed by atoms with Crippen LogP contribution in [0.25, 0.3) is 15.9 Å². The highest BCUT2D eigenvalue weighted by Gasteiger charge is 2.23. The third kappa shape index (κ3) is 5.11. The molecule has 0 saturated carbocycles. The zero-order valence-electron chi connectivity index (χ0n) is 18.6. The van der Waals surface area contributed by atoms with Gasteiger partial charge in [0.15, 0.2) is 6.10 Å². The Labute approximate surface area is 204 Å². The highest BCUT2D eigenvalue weighted by atomic mass is 35.5. The first-order chi connectivity index (χ1) is 16.2. The van der Waals surface area contributed by atoms with Gasteiger partial charge in [-0.25, -0.2) is 9.48 Å². The molecule has 4 rings (SSSR count). The molecule has 0 bridgehead atoms. The Kier molecular flexibility index (Phi) is 6.67. The van der Waals surface area contributed by atoms with Gasteiger partial charge in [-0.3, -0.25) is 9.59 Å². The lowest BCUT2D eigenvalue weighted by atomic mass is 10.2. The minimum atomic E-state index is -1.02. The maximum atomic E-state index is 12.8. The van der Waals surface area contributed by atoms with Crippen molar-refractivity contribution < 1.29 is 19.1 Å². The minimum Gasteiger partial charge on any atom is -0.448 e. The Hall–Kier alpha value is -3.69. The summed E-state index contributed by atoms with van der Waals surface area (Å²) in [4.78, 5) is 37.5. The molecule has 0 aliphatic heterocycles. The number of aromatic nitrogens is 2. The predicted octanol–water partition coefficient (Wildman–Crippen LogP) is 5.19. The second-order valence-electron chi connectivity index (χ2n) is 7.60. The van der Waals surface area contributed by atoms with Crippen molar-refractivity contribution in [3.8, 4) is 5.69 Å². The van der Waals surface area contributed by atoms with E-state index >= 15 is 0 Å². The number of aryl methyl sites for hydroxylation is 1. The number of nitrogens with one attached hydrogen (secondary N) is 2. The number of benzene rings is 2. The van der Waals surface area contributed by atoms with Crippen LogP contribution in [0.15, 0.2) is 54.6 Å². The maximum Gasteiger partial charge on any atom is 0.349 e. The van der Waals surface area contributed by atoms with E-state index in [0.717, 1.165) is 21.6 Å². The molecule has 2 N–H and O–H groups in total. The lowest BCUT2D eigenvalue weighted by Crippen LogP contribution is -2.29. The molecule has 4 aromatic rings. The lowest BCUT2D eigenvalue weighted by molar-refractivity contribution is -0.123. The summed E-state index contributed by atoms with van der Waals surface area (Å²) in [6.45, 7) is 4.78. The van der Waals surface area contributed by atoms with E-state index < -0.39 is 18.0 Å². The molecule has 174 valence electrons. The molecular formula is C24H21ClN4O4S. The van der Waals surface area contributed by atoms with Gasteiger partial charge in [0.2, 0.25) is 5.91 Å². The Balaban J connectivity index is 1.45. The number of hydrogen-bond acceptors (Lipinski definition) is 6. The second kappa shape index (κ2) is 9.66. The fourth-order valence-electron chi connectivity index (χ4n) is 3.29. The number of fused-ring (bicyclic) bond motifs is 1. The number of hydrogen-bond donors (Lipinski definition) is 2. The van der Waals surface area contributed by atoms with Crippen molar-refractivity contribution in [2.45, 2.75) is 26.9 Å². The Morgan fingerprint density at radius 3 is 2.38 bits per heavy atom. The van der Waals surface area contributed by atoms with Crippen LogP contribution in [0.5, 0.6) is 0 Å². The molecule has 0 aliphatic carbocycles. The molecule has 2 aromatic carbocycles. The predicted molar refractivity (Wildman–Crippen MR) is 133 cm³/mol. The average molecular weight is 497 g/mol. The van der Waals surface area contributed by atoms with Gasteiger partial charge in [-0.15, -0.1) is 11.3 Å². The summed E-state index contributed by atoms with van der Waals surface area (Å²) in [5.41, 5.74) is 2.67. The van der Waals surface area contributed by atoms with Gasteiger partial charge in [-0.2, -0.15) is 5.10 Å². The fraction of sp³-hybridized carbons (Fsp3) is 0.167. The number of rotatable bonds is 6. The van der Waals surface area contributed by atoms with Crippen LogP contribution in [0.2, 0.25) is 5.02 Å². The van der Waals surface area contributed by atoms with Gasteiger partial charge in [0.25, 0.3) is 5.91 Å². The monoisotopic (exact) mass is 496 g/mol. The Morgan fingerprint density at radius 1 is 1.06 bits per heavy atom. The molecule has 0 spiro atoms. The molecule has 2 heterocycles. The van der Waals surface area contributed by atoms with Crippen molar-refractivity contribution in [3.05, 3.63) is 70.2 Å². The standard InChI is InChI=1S/C24H21ClN4O4S/c1-13-20-12-21(34-23(20)29(28-13)19-6-4-5-16(25)11-19)24(32)33-14(2)22(31)27-18-9-7-17(8-10-18)26-15(3)30/h4-12,14H,1-3H3,(H,26,30)(H,27,31). The molecule has 0 aliphatic rings. The highest BCUT2D eigenvalue weighted by Crippen LogP contribution is 2.31. The molecule has 1 unspecified atom stereocenters. The van der Waals surface area contributed by atoms with E-state index in [1.807, 2.05) is 19.1 Å². The molecule has 0 fully saturated rings.